The van der Waals surface area contributed by atoms with E-state index in [1.165, 1.54) is 11.3 Å². The zero-order valence-electron chi connectivity index (χ0n) is 20.5. The average molecular weight is 500 g/mol. The molecule has 3 heterocycles. The second kappa shape index (κ2) is 11.5. The van der Waals surface area contributed by atoms with Gasteiger partial charge in [-0.25, -0.2) is 4.39 Å². The number of amides is 1. The van der Waals surface area contributed by atoms with Gasteiger partial charge in [0.05, 0.1) is 4.88 Å². The topological polar surface area (TPSA) is 65.8 Å². The van der Waals surface area contributed by atoms with Gasteiger partial charge in [0, 0.05) is 63.3 Å². The summed E-state index contributed by atoms with van der Waals surface area (Å²) >= 11 is 1.51. The number of halogens is 1. The lowest BCUT2D eigenvalue weighted by atomic mass is 10.0. The van der Waals surface area contributed by atoms with E-state index in [2.05, 4.69) is 11.0 Å². The third kappa shape index (κ3) is 6.00. The third-order valence-corrected chi connectivity index (χ3v) is 8.14. The molecule has 35 heavy (non-hydrogen) atoms. The molecule has 1 N–H and O–H groups in total. The van der Waals surface area contributed by atoms with Gasteiger partial charge in [0.2, 0.25) is 5.56 Å². The number of likely N-dealkylation sites (tertiary alicyclic amines) is 1. The Morgan fingerprint density at radius 3 is 2.60 bits per heavy atom. The molecule has 0 bridgehead atoms. The maximum absolute atomic E-state index is 13.6. The first kappa shape index (κ1) is 25.5. The summed E-state index contributed by atoms with van der Waals surface area (Å²) in [5.74, 6) is 0.0191. The number of benzene rings is 1. The number of alkyl halides is 1. The number of aliphatic hydroxyl groups is 1. The van der Waals surface area contributed by atoms with Crippen LogP contribution < -0.4 is 5.56 Å². The van der Waals surface area contributed by atoms with Crippen molar-refractivity contribution in [3.05, 3.63) is 57.3 Å². The summed E-state index contributed by atoms with van der Waals surface area (Å²) in [5, 5.41) is 10.3. The second-order valence-electron chi connectivity index (χ2n) is 9.37. The van der Waals surface area contributed by atoms with Gasteiger partial charge in [-0.1, -0.05) is 6.07 Å². The van der Waals surface area contributed by atoms with Gasteiger partial charge < -0.3 is 19.5 Å². The molecule has 188 valence electrons. The maximum atomic E-state index is 13.6. The quantitative estimate of drug-likeness (QED) is 0.448. The lowest BCUT2D eigenvalue weighted by Gasteiger charge is -2.31. The average Bonchev–Trinajstić information content (AvgIpc) is 3.19. The standard InChI is InChI=1S/C27H34FN3O3S/c1-19-23-17-20(21-6-8-25(33)29(2)18-21)5-7-24(23)35-26(19)27(34)31(11-3-4-16-32)15-14-30-12-9-22(28)10-13-30/h5-8,17-18,22,32H,3-4,9-16H2,1-2H3. The van der Waals surface area contributed by atoms with Gasteiger partial charge in [0.15, 0.2) is 0 Å². The largest absolute Gasteiger partial charge is 0.396 e. The molecule has 0 unspecified atom stereocenters. The summed E-state index contributed by atoms with van der Waals surface area (Å²) in [6.07, 6.45) is 3.64. The molecule has 0 aliphatic carbocycles. The number of aromatic nitrogens is 1. The molecule has 1 aliphatic rings. The van der Waals surface area contributed by atoms with Gasteiger partial charge in [0.1, 0.15) is 6.17 Å². The van der Waals surface area contributed by atoms with Crippen LogP contribution in [0.1, 0.15) is 40.9 Å². The van der Waals surface area contributed by atoms with E-state index in [0.29, 0.717) is 32.4 Å². The molecule has 1 saturated heterocycles. The minimum atomic E-state index is -0.708. The van der Waals surface area contributed by atoms with Crippen LogP contribution in [0.3, 0.4) is 0 Å². The predicted molar refractivity (Wildman–Crippen MR) is 140 cm³/mol. The van der Waals surface area contributed by atoms with Gasteiger partial charge in [-0.05, 0) is 72.9 Å². The number of carbonyl (C=O) groups is 1. The summed E-state index contributed by atoms with van der Waals surface area (Å²) in [7, 11) is 1.74. The Morgan fingerprint density at radius 1 is 1.14 bits per heavy atom. The number of thiophene rings is 1. The lowest BCUT2D eigenvalue weighted by molar-refractivity contribution is 0.0712. The molecule has 4 rings (SSSR count). The summed E-state index contributed by atoms with van der Waals surface area (Å²) in [6.45, 7) is 5.49. The van der Waals surface area contributed by atoms with Crippen LogP contribution >= 0.6 is 11.3 Å². The number of carbonyl (C=O) groups excluding carboxylic acids is 1. The Bertz CT molecular complexity index is 1230. The van der Waals surface area contributed by atoms with Crippen molar-refractivity contribution in [2.24, 2.45) is 7.05 Å². The highest BCUT2D eigenvalue weighted by Gasteiger charge is 2.24. The Balaban J connectivity index is 1.56. The zero-order chi connectivity index (χ0) is 24.9. The molecule has 1 aliphatic heterocycles. The molecular weight excluding hydrogens is 465 g/mol. The van der Waals surface area contributed by atoms with Crippen molar-refractivity contribution < 1.29 is 14.3 Å². The number of hydrogen-bond acceptors (Lipinski definition) is 5. The van der Waals surface area contributed by atoms with E-state index in [1.807, 2.05) is 36.2 Å². The molecule has 0 spiro atoms. The molecule has 3 aromatic rings. The number of piperidine rings is 1. The maximum Gasteiger partial charge on any atom is 0.264 e. The third-order valence-electron chi connectivity index (χ3n) is 6.88. The van der Waals surface area contributed by atoms with Crippen LogP contribution in [0, 0.1) is 6.92 Å². The van der Waals surface area contributed by atoms with E-state index >= 15 is 0 Å². The molecule has 2 aromatic heterocycles. The van der Waals surface area contributed by atoms with Crippen LogP contribution in [0.25, 0.3) is 21.2 Å². The fourth-order valence-corrected chi connectivity index (χ4v) is 5.79. The Hall–Kier alpha value is -2.55. The van der Waals surface area contributed by atoms with Crippen LogP contribution in [0.2, 0.25) is 0 Å². The molecular formula is C27H34FN3O3S. The van der Waals surface area contributed by atoms with E-state index < -0.39 is 6.17 Å². The number of aryl methyl sites for hydroxylation is 2. The molecule has 8 heteroatoms. The summed E-state index contributed by atoms with van der Waals surface area (Å²) in [6, 6.07) is 9.55. The SMILES string of the molecule is Cc1c(C(=O)N(CCCCO)CCN2CCC(F)CC2)sc2ccc(-c3ccc(=O)n(C)c3)cc12. The van der Waals surface area contributed by atoms with E-state index in [9.17, 15) is 19.1 Å². The Labute approximate surface area is 209 Å². The van der Waals surface area contributed by atoms with Crippen molar-refractivity contribution >= 4 is 27.3 Å². The fourth-order valence-electron chi connectivity index (χ4n) is 4.63. The van der Waals surface area contributed by atoms with E-state index in [0.717, 1.165) is 57.7 Å². The predicted octanol–water partition coefficient (Wildman–Crippen LogP) is 4.22. The molecule has 6 nitrogen and oxygen atoms in total. The first-order valence-electron chi connectivity index (χ1n) is 12.3. The smallest absolute Gasteiger partial charge is 0.264 e. The number of fused-ring (bicyclic) bond motifs is 1. The zero-order valence-corrected chi connectivity index (χ0v) is 21.3. The summed E-state index contributed by atoms with van der Waals surface area (Å²) in [5.41, 5.74) is 2.87. The van der Waals surface area contributed by atoms with Crippen molar-refractivity contribution in [1.29, 1.82) is 0 Å². The first-order chi connectivity index (χ1) is 16.9. The highest BCUT2D eigenvalue weighted by molar-refractivity contribution is 7.21. The monoisotopic (exact) mass is 499 g/mol. The summed E-state index contributed by atoms with van der Waals surface area (Å²) in [4.78, 5) is 30.3. The highest BCUT2D eigenvalue weighted by atomic mass is 32.1. The van der Waals surface area contributed by atoms with Gasteiger partial charge in [0.25, 0.3) is 5.91 Å². The van der Waals surface area contributed by atoms with Crippen LogP contribution in [-0.4, -0.2) is 70.9 Å². The van der Waals surface area contributed by atoms with Gasteiger partial charge in [-0.3, -0.25) is 9.59 Å². The van der Waals surface area contributed by atoms with Gasteiger partial charge in [-0.15, -0.1) is 11.3 Å². The normalized spacial score (nSPS) is 15.1. The van der Waals surface area contributed by atoms with Crippen LogP contribution in [0.4, 0.5) is 4.39 Å². The van der Waals surface area contributed by atoms with E-state index in [-0.39, 0.29) is 18.1 Å². The van der Waals surface area contributed by atoms with Crippen LogP contribution in [0.5, 0.6) is 0 Å². The Kier molecular flexibility index (Phi) is 8.36. The molecule has 0 radical (unpaired) electrons. The first-order valence-corrected chi connectivity index (χ1v) is 13.2. The van der Waals surface area contributed by atoms with Gasteiger partial charge in [-0.2, -0.15) is 0 Å². The number of aliphatic hydroxyl groups excluding tert-OH is 1. The van der Waals surface area contributed by atoms with E-state index in [1.54, 1.807) is 17.7 Å². The highest BCUT2D eigenvalue weighted by Crippen LogP contribution is 2.34. The Morgan fingerprint density at radius 2 is 1.89 bits per heavy atom. The molecule has 1 amide bonds. The van der Waals surface area contributed by atoms with Crippen molar-refractivity contribution in [3.63, 3.8) is 0 Å². The van der Waals surface area contributed by atoms with Crippen LogP contribution in [-0.2, 0) is 7.05 Å². The number of unbranched alkanes of at least 4 members (excludes halogenated alkanes) is 1. The van der Waals surface area contributed by atoms with Gasteiger partial charge >= 0.3 is 0 Å². The van der Waals surface area contributed by atoms with Crippen molar-refractivity contribution in [3.8, 4) is 11.1 Å². The summed E-state index contributed by atoms with van der Waals surface area (Å²) < 4.78 is 16.1. The molecule has 0 saturated carbocycles. The van der Waals surface area contributed by atoms with Crippen LogP contribution in [0.15, 0.2) is 41.3 Å². The number of pyridine rings is 1. The number of nitrogens with zero attached hydrogens (tertiary/aromatic N) is 3. The lowest BCUT2D eigenvalue weighted by Crippen LogP contribution is -2.42. The molecule has 1 aromatic carbocycles. The minimum absolute atomic E-state index is 0.0191. The van der Waals surface area contributed by atoms with Crippen molar-refractivity contribution in [1.82, 2.24) is 14.4 Å². The van der Waals surface area contributed by atoms with Crippen molar-refractivity contribution in [2.45, 2.75) is 38.8 Å². The van der Waals surface area contributed by atoms with Crippen molar-refractivity contribution in [2.75, 3.05) is 39.3 Å². The number of hydrogen-bond donors (Lipinski definition) is 1. The fraction of sp³-hybridized carbons (Fsp3) is 0.481. The number of rotatable bonds is 9. The minimum Gasteiger partial charge on any atom is -0.396 e. The molecule has 1 fully saturated rings. The molecule has 0 atom stereocenters. The second-order valence-corrected chi connectivity index (χ2v) is 10.4. The van der Waals surface area contributed by atoms with E-state index in [4.69, 9.17) is 0 Å².